The van der Waals surface area contributed by atoms with Gasteiger partial charge < -0.3 is 5.73 Å². The summed E-state index contributed by atoms with van der Waals surface area (Å²) in [4.78, 5) is 10.9. The minimum Gasteiger partial charge on any atom is -0.382 e. The smallest absolute Gasteiger partial charge is 0.281 e. The average Bonchev–Trinajstić information content (AvgIpc) is 2.89. The van der Waals surface area contributed by atoms with Gasteiger partial charge in [0.2, 0.25) is 0 Å². The number of aromatic nitrogens is 4. The number of rotatable bonds is 3. The van der Waals surface area contributed by atoms with Crippen LogP contribution in [0.4, 0.5) is 11.5 Å². The second kappa shape index (κ2) is 5.49. The van der Waals surface area contributed by atoms with Crippen LogP contribution in [-0.2, 0) is 0 Å². The Morgan fingerprint density at radius 2 is 2.10 bits per heavy atom. The van der Waals surface area contributed by atoms with Crippen molar-refractivity contribution in [1.82, 2.24) is 19.7 Å². The Bertz CT molecular complexity index is 852. The number of fused-ring (bicyclic) bond motifs is 1. The summed E-state index contributed by atoms with van der Waals surface area (Å²) in [6, 6.07) is 4.98. The fraction of sp³-hybridized carbons (Fsp3) is 0. The predicted octanol–water partition coefficient (Wildman–Crippen LogP) is 2.78. The minimum absolute atomic E-state index is 0.0128. The van der Waals surface area contributed by atoms with E-state index in [0.29, 0.717) is 28.4 Å². The van der Waals surface area contributed by atoms with Crippen molar-refractivity contribution in [3.8, 4) is 11.1 Å². The topological polar surface area (TPSA) is 113 Å². The molecular weight excluding hydrogens is 406 g/mol. The molecule has 2 N–H and O–H groups in total. The van der Waals surface area contributed by atoms with Crippen LogP contribution < -0.4 is 5.73 Å². The van der Waals surface area contributed by atoms with E-state index in [9.17, 15) is 10.1 Å². The summed E-state index contributed by atoms with van der Waals surface area (Å²) in [5.74, 6) is 0.263. The fourth-order valence-electron chi connectivity index (χ4n) is 2.03. The van der Waals surface area contributed by atoms with Crippen LogP contribution >= 0.6 is 28.4 Å². The lowest BCUT2D eigenvalue weighted by molar-refractivity contribution is -0.383. The van der Waals surface area contributed by atoms with Crippen LogP contribution in [0.25, 0.3) is 22.0 Å². The summed E-state index contributed by atoms with van der Waals surface area (Å²) in [5.41, 5.74) is 7.68. The number of anilines is 1. The molecule has 0 radical (unpaired) electrons. The van der Waals surface area contributed by atoms with Gasteiger partial charge in [-0.3, -0.25) is 10.1 Å². The minimum atomic E-state index is -0.411. The zero-order valence-corrected chi connectivity index (χ0v) is 13.6. The maximum atomic E-state index is 11.3. The van der Waals surface area contributed by atoms with Crippen molar-refractivity contribution in [3.05, 3.63) is 40.7 Å². The number of nitro benzene ring substituents is 1. The molecule has 2 aromatic heterocycles. The third-order valence-corrected chi connectivity index (χ3v) is 4.84. The summed E-state index contributed by atoms with van der Waals surface area (Å²) in [7, 11) is 0. The summed E-state index contributed by atoms with van der Waals surface area (Å²) in [6.07, 6.45) is 3.39. The number of non-ortho nitro benzene ring substituents is 1. The van der Waals surface area contributed by atoms with Gasteiger partial charge in [0, 0.05) is 11.6 Å². The van der Waals surface area contributed by atoms with Gasteiger partial charge in [0.25, 0.3) is 5.69 Å². The molecule has 1 unspecified atom stereocenters. The number of benzene rings is 1. The molecule has 0 amide bonds. The fourth-order valence-corrected chi connectivity index (χ4v) is 3.57. The standard InChI is InChI=1S/C11H8IN6O2P/c12-21-17-9-1-6(7-3-11(13)16-14-4-7)2-10(18(19)20)8(9)5-15-17/h1-5,21H,(H2,13,16). The molecule has 0 aliphatic heterocycles. The molecule has 0 bridgehead atoms. The first-order valence-electron chi connectivity index (χ1n) is 5.71. The third kappa shape index (κ3) is 2.54. The predicted molar refractivity (Wildman–Crippen MR) is 89.6 cm³/mol. The summed E-state index contributed by atoms with van der Waals surface area (Å²) in [6.45, 7) is 0. The molecule has 10 heteroatoms. The SMILES string of the molecule is Nc1cc(-c2cc([N+](=O)[O-])c3cnn(PI)c3c2)cnn1. The van der Waals surface area contributed by atoms with Crippen LogP contribution in [0.5, 0.6) is 0 Å². The van der Waals surface area contributed by atoms with E-state index in [-0.39, 0.29) is 11.5 Å². The number of nitro groups is 1. The van der Waals surface area contributed by atoms with Crippen molar-refractivity contribution in [1.29, 1.82) is 0 Å². The zero-order chi connectivity index (χ0) is 15.0. The number of hydrogen-bond acceptors (Lipinski definition) is 6. The molecule has 1 atom stereocenters. The van der Waals surface area contributed by atoms with Gasteiger partial charge in [-0.15, -0.1) is 5.10 Å². The lowest BCUT2D eigenvalue weighted by Gasteiger charge is -2.04. The summed E-state index contributed by atoms with van der Waals surface area (Å²) < 4.78 is 1.73. The molecule has 106 valence electrons. The monoisotopic (exact) mass is 414 g/mol. The number of nitrogens with zero attached hydrogens (tertiary/aromatic N) is 5. The van der Waals surface area contributed by atoms with E-state index in [1.165, 1.54) is 18.5 Å². The van der Waals surface area contributed by atoms with Gasteiger partial charge in [-0.05, 0) is 39.7 Å². The van der Waals surface area contributed by atoms with E-state index in [4.69, 9.17) is 5.73 Å². The Balaban J connectivity index is 2.31. The number of hydrogen-bond donors (Lipinski definition) is 1. The van der Waals surface area contributed by atoms with E-state index in [0.717, 1.165) is 0 Å². The Labute approximate surface area is 133 Å². The number of nitrogens with two attached hydrogens (primary N) is 1. The van der Waals surface area contributed by atoms with Crippen molar-refractivity contribution in [3.63, 3.8) is 0 Å². The lowest BCUT2D eigenvalue weighted by Crippen LogP contribution is -1.95. The Morgan fingerprint density at radius 3 is 2.76 bits per heavy atom. The van der Waals surface area contributed by atoms with Crippen LogP contribution in [0.15, 0.2) is 30.6 Å². The van der Waals surface area contributed by atoms with E-state index >= 15 is 0 Å². The van der Waals surface area contributed by atoms with Crippen LogP contribution in [0, 0.1) is 10.1 Å². The third-order valence-electron chi connectivity index (χ3n) is 2.95. The quantitative estimate of drug-likeness (QED) is 0.305. The first kappa shape index (κ1) is 14.1. The van der Waals surface area contributed by atoms with Gasteiger partial charge in [-0.2, -0.15) is 10.2 Å². The highest BCUT2D eigenvalue weighted by atomic mass is 127. The second-order valence-electron chi connectivity index (χ2n) is 4.20. The van der Waals surface area contributed by atoms with Gasteiger partial charge in [0.05, 0.1) is 34.6 Å². The van der Waals surface area contributed by atoms with Crippen LogP contribution in [-0.4, -0.2) is 24.7 Å². The summed E-state index contributed by atoms with van der Waals surface area (Å²) >= 11 is 2.17. The molecule has 8 nitrogen and oxygen atoms in total. The van der Waals surface area contributed by atoms with Crippen molar-refractivity contribution >= 4 is 50.8 Å². The van der Waals surface area contributed by atoms with Crippen LogP contribution in [0.1, 0.15) is 0 Å². The van der Waals surface area contributed by atoms with Gasteiger partial charge >= 0.3 is 0 Å². The van der Waals surface area contributed by atoms with E-state index < -0.39 is 4.92 Å². The Morgan fingerprint density at radius 1 is 1.29 bits per heavy atom. The Kier molecular flexibility index (Phi) is 3.68. The maximum absolute atomic E-state index is 11.3. The van der Waals surface area contributed by atoms with Crippen molar-refractivity contribution in [2.24, 2.45) is 0 Å². The number of halogens is 1. The highest BCUT2D eigenvalue weighted by Gasteiger charge is 2.18. The highest BCUT2D eigenvalue weighted by molar-refractivity contribution is 14.2. The maximum Gasteiger partial charge on any atom is 0.281 e. The highest BCUT2D eigenvalue weighted by Crippen LogP contribution is 2.36. The molecule has 0 aliphatic rings. The molecule has 0 saturated heterocycles. The summed E-state index contributed by atoms with van der Waals surface area (Å²) in [5, 5.41) is 23.4. The van der Waals surface area contributed by atoms with Crippen LogP contribution in [0.2, 0.25) is 0 Å². The van der Waals surface area contributed by atoms with Crippen molar-refractivity contribution < 1.29 is 4.92 Å². The van der Waals surface area contributed by atoms with Gasteiger partial charge in [-0.25, -0.2) is 4.45 Å². The first-order chi connectivity index (χ1) is 10.1. The average molecular weight is 414 g/mol. The lowest BCUT2D eigenvalue weighted by atomic mass is 10.1. The first-order valence-corrected chi connectivity index (χ1v) is 9.77. The second-order valence-corrected chi connectivity index (χ2v) is 6.24. The van der Waals surface area contributed by atoms with Gasteiger partial charge in [0.1, 0.15) is 5.82 Å². The molecular formula is C11H8IN6O2P. The van der Waals surface area contributed by atoms with E-state index in [1.807, 2.05) is 6.07 Å². The molecule has 3 aromatic rings. The molecule has 0 aliphatic carbocycles. The normalized spacial score (nSPS) is 11.5. The molecule has 1 aromatic carbocycles. The molecule has 2 heterocycles. The van der Waals surface area contributed by atoms with Gasteiger partial charge in [0.15, 0.2) is 0 Å². The van der Waals surface area contributed by atoms with E-state index in [1.54, 1.807) is 10.5 Å². The molecule has 3 rings (SSSR count). The Hall–Kier alpha value is -1.87. The van der Waals surface area contributed by atoms with Crippen molar-refractivity contribution in [2.75, 3.05) is 5.73 Å². The largest absolute Gasteiger partial charge is 0.382 e. The van der Waals surface area contributed by atoms with Crippen LogP contribution in [0.3, 0.4) is 0 Å². The molecule has 0 spiro atoms. The molecule has 21 heavy (non-hydrogen) atoms. The zero-order valence-electron chi connectivity index (χ0n) is 10.4. The molecule has 0 saturated carbocycles. The van der Waals surface area contributed by atoms with E-state index in [2.05, 4.69) is 37.3 Å². The van der Waals surface area contributed by atoms with Gasteiger partial charge in [-0.1, -0.05) is 0 Å². The molecule has 0 fully saturated rings. The van der Waals surface area contributed by atoms with Crippen molar-refractivity contribution in [2.45, 2.75) is 0 Å². The number of nitrogen functional groups attached to an aromatic ring is 1.